The molecule has 0 saturated carbocycles. The Morgan fingerprint density at radius 2 is 1.86 bits per heavy atom. The molecule has 1 saturated heterocycles. The van der Waals surface area contributed by atoms with Crippen molar-refractivity contribution >= 4 is 11.8 Å². The number of carbonyl (C=O) groups excluding carboxylic acids is 2. The lowest BCUT2D eigenvalue weighted by atomic mass is 10.0. The van der Waals surface area contributed by atoms with E-state index < -0.39 is 0 Å². The molecule has 1 atom stereocenters. The second-order valence-corrected chi connectivity index (χ2v) is 8.11. The molecule has 28 heavy (non-hydrogen) atoms. The molecule has 0 aliphatic carbocycles. The predicted molar refractivity (Wildman–Crippen MR) is 109 cm³/mol. The second-order valence-electron chi connectivity index (χ2n) is 8.11. The van der Waals surface area contributed by atoms with E-state index in [4.69, 9.17) is 4.74 Å². The molecule has 154 valence electrons. The number of piperazine rings is 1. The van der Waals surface area contributed by atoms with Gasteiger partial charge in [0.25, 0.3) is 0 Å². The lowest BCUT2D eigenvalue weighted by molar-refractivity contribution is -0.133. The zero-order valence-electron chi connectivity index (χ0n) is 17.4. The monoisotopic (exact) mass is 387 g/mol. The number of nitrogens with zero attached hydrogens (tertiary/aromatic N) is 3. The van der Waals surface area contributed by atoms with Crippen molar-refractivity contribution < 1.29 is 14.3 Å². The quantitative estimate of drug-likeness (QED) is 0.779. The molecule has 0 radical (unpaired) electrons. The summed E-state index contributed by atoms with van der Waals surface area (Å²) in [7, 11) is 0. The van der Waals surface area contributed by atoms with Crippen LogP contribution in [0.4, 0.5) is 0 Å². The molecule has 0 bridgehead atoms. The summed E-state index contributed by atoms with van der Waals surface area (Å²) < 4.78 is 5.89. The molecule has 1 unspecified atom stereocenters. The standard InChI is InChI=1S/C22H33N3O3/c1-4-17(2)13-22(27)25-11-12-28-21-6-5-19(14-20(21)16-25)15-23-7-9-24(10-8-23)18(3)26/h5-6,14,17H,4,7-13,15-16H2,1-3H3. The maximum Gasteiger partial charge on any atom is 0.223 e. The summed E-state index contributed by atoms with van der Waals surface area (Å²) in [6, 6.07) is 6.34. The van der Waals surface area contributed by atoms with Crippen LogP contribution in [0.5, 0.6) is 5.75 Å². The fraction of sp³-hybridized carbons (Fsp3) is 0.636. The average molecular weight is 388 g/mol. The zero-order chi connectivity index (χ0) is 20.1. The molecular formula is C22H33N3O3. The fourth-order valence-corrected chi connectivity index (χ4v) is 3.81. The van der Waals surface area contributed by atoms with Crippen LogP contribution in [0.2, 0.25) is 0 Å². The highest BCUT2D eigenvalue weighted by atomic mass is 16.5. The summed E-state index contributed by atoms with van der Waals surface area (Å²) in [5.74, 6) is 1.68. The van der Waals surface area contributed by atoms with Crippen LogP contribution in [0.25, 0.3) is 0 Å². The highest BCUT2D eigenvalue weighted by Gasteiger charge is 2.22. The van der Waals surface area contributed by atoms with E-state index in [0.717, 1.165) is 50.5 Å². The highest BCUT2D eigenvalue weighted by Crippen LogP contribution is 2.26. The number of rotatable bonds is 5. The molecule has 3 rings (SSSR count). The van der Waals surface area contributed by atoms with E-state index in [9.17, 15) is 9.59 Å². The molecule has 0 N–H and O–H groups in total. The molecule has 1 fully saturated rings. The molecule has 2 aliphatic heterocycles. The Balaban J connectivity index is 1.63. The average Bonchev–Trinajstić information content (AvgIpc) is 2.90. The van der Waals surface area contributed by atoms with Crippen LogP contribution in [-0.4, -0.2) is 65.8 Å². The molecule has 0 aromatic heterocycles. The predicted octanol–water partition coefficient (Wildman–Crippen LogP) is 2.51. The number of hydrogen-bond donors (Lipinski definition) is 0. The van der Waals surface area contributed by atoms with Crippen LogP contribution in [0.3, 0.4) is 0 Å². The summed E-state index contributed by atoms with van der Waals surface area (Å²) >= 11 is 0. The summed E-state index contributed by atoms with van der Waals surface area (Å²) in [5, 5.41) is 0. The number of hydrogen-bond acceptors (Lipinski definition) is 4. The second kappa shape index (κ2) is 9.41. The van der Waals surface area contributed by atoms with E-state index in [1.165, 1.54) is 5.56 Å². The van der Waals surface area contributed by atoms with Crippen molar-refractivity contribution in [3.8, 4) is 5.75 Å². The first kappa shape index (κ1) is 20.6. The third kappa shape index (κ3) is 5.25. The van der Waals surface area contributed by atoms with Gasteiger partial charge in [-0.3, -0.25) is 14.5 Å². The van der Waals surface area contributed by atoms with Gasteiger partial charge in [0.05, 0.1) is 6.54 Å². The van der Waals surface area contributed by atoms with Gasteiger partial charge in [0.1, 0.15) is 12.4 Å². The van der Waals surface area contributed by atoms with Crippen molar-refractivity contribution in [2.24, 2.45) is 5.92 Å². The number of ether oxygens (including phenoxy) is 1. The number of fused-ring (bicyclic) bond motifs is 1. The summed E-state index contributed by atoms with van der Waals surface area (Å²) in [6.07, 6.45) is 1.62. The number of carbonyl (C=O) groups is 2. The van der Waals surface area contributed by atoms with E-state index in [1.807, 2.05) is 15.9 Å². The van der Waals surface area contributed by atoms with Gasteiger partial charge in [-0.15, -0.1) is 0 Å². The minimum atomic E-state index is 0.156. The van der Waals surface area contributed by atoms with Gasteiger partial charge in [-0.1, -0.05) is 26.3 Å². The summed E-state index contributed by atoms with van der Waals surface area (Å²) in [6.45, 7) is 11.9. The number of amides is 2. The Morgan fingerprint density at radius 3 is 2.54 bits per heavy atom. The van der Waals surface area contributed by atoms with E-state index in [0.29, 0.717) is 32.0 Å². The smallest absolute Gasteiger partial charge is 0.223 e. The van der Waals surface area contributed by atoms with Gasteiger partial charge in [0.15, 0.2) is 0 Å². The van der Waals surface area contributed by atoms with Crippen LogP contribution in [-0.2, 0) is 22.7 Å². The molecule has 1 aromatic carbocycles. The van der Waals surface area contributed by atoms with Crippen molar-refractivity contribution in [3.63, 3.8) is 0 Å². The maximum atomic E-state index is 12.6. The van der Waals surface area contributed by atoms with E-state index in [-0.39, 0.29) is 11.8 Å². The minimum absolute atomic E-state index is 0.156. The van der Waals surface area contributed by atoms with Crippen LogP contribution >= 0.6 is 0 Å². The Labute approximate surface area is 168 Å². The first-order chi connectivity index (χ1) is 13.5. The molecule has 6 heteroatoms. The Kier molecular flexibility index (Phi) is 6.94. The summed E-state index contributed by atoms with van der Waals surface area (Å²) in [4.78, 5) is 30.4. The van der Waals surface area contributed by atoms with Gasteiger partial charge >= 0.3 is 0 Å². The molecule has 1 aromatic rings. The summed E-state index contributed by atoms with van der Waals surface area (Å²) in [5.41, 5.74) is 2.32. The van der Waals surface area contributed by atoms with Crippen molar-refractivity contribution in [1.29, 1.82) is 0 Å². The molecule has 2 aliphatic rings. The van der Waals surface area contributed by atoms with Crippen LogP contribution in [0.15, 0.2) is 18.2 Å². The van der Waals surface area contributed by atoms with Gasteiger partial charge in [0.2, 0.25) is 11.8 Å². The van der Waals surface area contributed by atoms with Crippen molar-refractivity contribution in [3.05, 3.63) is 29.3 Å². The lowest BCUT2D eigenvalue weighted by Gasteiger charge is -2.34. The van der Waals surface area contributed by atoms with Crippen molar-refractivity contribution in [2.75, 3.05) is 39.3 Å². The lowest BCUT2D eigenvalue weighted by Crippen LogP contribution is -2.47. The third-order valence-electron chi connectivity index (χ3n) is 5.90. The molecule has 0 spiro atoms. The first-order valence-electron chi connectivity index (χ1n) is 10.5. The normalized spacial score (nSPS) is 18.8. The molecule has 2 heterocycles. The largest absolute Gasteiger partial charge is 0.491 e. The van der Waals surface area contributed by atoms with Gasteiger partial charge in [-0.2, -0.15) is 0 Å². The van der Waals surface area contributed by atoms with Crippen LogP contribution in [0.1, 0.15) is 44.7 Å². The Bertz CT molecular complexity index is 698. The topological polar surface area (TPSA) is 53.1 Å². The van der Waals surface area contributed by atoms with Gasteiger partial charge < -0.3 is 14.5 Å². The maximum absolute atomic E-state index is 12.6. The fourth-order valence-electron chi connectivity index (χ4n) is 3.81. The van der Waals surface area contributed by atoms with E-state index >= 15 is 0 Å². The van der Waals surface area contributed by atoms with Gasteiger partial charge in [0, 0.05) is 58.2 Å². The molecular weight excluding hydrogens is 354 g/mol. The third-order valence-corrected chi connectivity index (χ3v) is 5.90. The van der Waals surface area contributed by atoms with Crippen molar-refractivity contribution in [1.82, 2.24) is 14.7 Å². The Hall–Kier alpha value is -2.08. The van der Waals surface area contributed by atoms with E-state index in [2.05, 4.69) is 30.9 Å². The van der Waals surface area contributed by atoms with Crippen LogP contribution in [0, 0.1) is 5.92 Å². The van der Waals surface area contributed by atoms with Crippen molar-refractivity contribution in [2.45, 2.75) is 46.7 Å². The molecule has 2 amide bonds. The first-order valence-corrected chi connectivity index (χ1v) is 10.5. The highest BCUT2D eigenvalue weighted by molar-refractivity contribution is 5.76. The SMILES string of the molecule is CCC(C)CC(=O)N1CCOc2ccc(CN3CCN(C(C)=O)CC3)cc2C1. The minimum Gasteiger partial charge on any atom is -0.491 e. The van der Waals surface area contributed by atoms with Crippen LogP contribution < -0.4 is 4.74 Å². The Morgan fingerprint density at radius 1 is 1.11 bits per heavy atom. The number of benzene rings is 1. The molecule has 6 nitrogen and oxygen atoms in total. The van der Waals surface area contributed by atoms with Gasteiger partial charge in [-0.25, -0.2) is 0 Å². The van der Waals surface area contributed by atoms with Gasteiger partial charge in [-0.05, 0) is 23.6 Å². The van der Waals surface area contributed by atoms with E-state index in [1.54, 1.807) is 6.92 Å². The zero-order valence-corrected chi connectivity index (χ0v) is 17.4.